The minimum Gasteiger partial charge on any atom is -0.326 e. The van der Waals surface area contributed by atoms with E-state index in [9.17, 15) is 13.2 Å². The second-order valence-corrected chi connectivity index (χ2v) is 6.15. The summed E-state index contributed by atoms with van der Waals surface area (Å²) in [5.74, 6) is 0.145. The molecule has 0 atom stereocenters. The number of hydrogen-bond donors (Lipinski definition) is 3. The van der Waals surface area contributed by atoms with Gasteiger partial charge in [-0.15, -0.1) is 0 Å². The van der Waals surface area contributed by atoms with Crippen LogP contribution in [0, 0.1) is 6.92 Å². The number of carbonyl (C=O) groups excluding carboxylic acids is 1. The molecule has 2 rings (SSSR count). The smallest absolute Gasteiger partial charge is 0.241 e. The number of rotatable bonds is 5. The van der Waals surface area contributed by atoms with Gasteiger partial charge in [0, 0.05) is 12.6 Å². The molecule has 3 N–H and O–H groups in total. The van der Waals surface area contributed by atoms with Gasteiger partial charge in [-0.1, -0.05) is 6.07 Å². The molecular formula is C12H15N5O3S. The number of H-pyrrole nitrogens is 1. The van der Waals surface area contributed by atoms with Crippen LogP contribution in [0.4, 0.5) is 5.69 Å². The molecule has 1 heterocycles. The number of hydrogen-bond acceptors (Lipinski definition) is 5. The first-order chi connectivity index (χ1) is 9.88. The largest absolute Gasteiger partial charge is 0.326 e. The molecule has 9 heteroatoms. The third kappa shape index (κ3) is 3.86. The highest BCUT2D eigenvalue weighted by Crippen LogP contribution is 2.20. The Morgan fingerprint density at radius 1 is 1.38 bits per heavy atom. The highest BCUT2D eigenvalue weighted by Gasteiger charge is 2.18. The van der Waals surface area contributed by atoms with Gasteiger partial charge >= 0.3 is 0 Å². The normalized spacial score (nSPS) is 11.3. The van der Waals surface area contributed by atoms with Gasteiger partial charge in [-0.05, 0) is 24.6 Å². The summed E-state index contributed by atoms with van der Waals surface area (Å²) in [7, 11) is -3.71. The van der Waals surface area contributed by atoms with Gasteiger partial charge in [-0.2, -0.15) is 5.10 Å². The molecule has 0 saturated carbocycles. The molecule has 1 amide bonds. The van der Waals surface area contributed by atoms with Crippen molar-refractivity contribution in [2.24, 2.45) is 0 Å². The fourth-order valence-electron chi connectivity index (χ4n) is 1.73. The quantitative estimate of drug-likeness (QED) is 0.745. The Kier molecular flexibility index (Phi) is 4.34. The standard InChI is InChI=1S/C12H15N5O3S/c1-8-3-4-10(16-9(2)18)5-11(8)21(19,20)15-6-12-13-7-14-17-12/h3-5,7,15H,6H2,1-2H3,(H,16,18)(H,13,14,17). The van der Waals surface area contributed by atoms with Crippen LogP contribution in [0.5, 0.6) is 0 Å². The highest BCUT2D eigenvalue weighted by molar-refractivity contribution is 7.89. The molecule has 2 aromatic rings. The van der Waals surface area contributed by atoms with Gasteiger partial charge in [0.05, 0.1) is 11.4 Å². The first-order valence-corrected chi connectivity index (χ1v) is 7.59. The van der Waals surface area contributed by atoms with Gasteiger partial charge in [-0.3, -0.25) is 9.89 Å². The zero-order valence-electron chi connectivity index (χ0n) is 11.5. The molecule has 21 heavy (non-hydrogen) atoms. The Labute approximate surface area is 122 Å². The molecule has 0 saturated heterocycles. The van der Waals surface area contributed by atoms with Gasteiger partial charge in [-0.25, -0.2) is 18.1 Å². The molecule has 0 unspecified atom stereocenters. The Morgan fingerprint density at radius 3 is 2.76 bits per heavy atom. The van der Waals surface area contributed by atoms with Crippen LogP contribution in [0.25, 0.3) is 0 Å². The van der Waals surface area contributed by atoms with E-state index in [1.54, 1.807) is 19.1 Å². The highest BCUT2D eigenvalue weighted by atomic mass is 32.2. The molecule has 0 fully saturated rings. The van der Waals surface area contributed by atoms with Crippen molar-refractivity contribution in [1.82, 2.24) is 19.9 Å². The second-order valence-electron chi connectivity index (χ2n) is 4.42. The van der Waals surface area contributed by atoms with Crippen LogP contribution in [0.2, 0.25) is 0 Å². The van der Waals surface area contributed by atoms with Crippen LogP contribution in [-0.2, 0) is 21.4 Å². The zero-order chi connectivity index (χ0) is 15.5. The first kappa shape index (κ1) is 15.1. The molecule has 0 aliphatic rings. The SMILES string of the molecule is CC(=O)Nc1ccc(C)c(S(=O)(=O)NCc2ncn[nH]2)c1. The maximum absolute atomic E-state index is 12.3. The summed E-state index contributed by atoms with van der Waals surface area (Å²) < 4.78 is 27.0. The van der Waals surface area contributed by atoms with Crippen molar-refractivity contribution in [3.05, 3.63) is 35.9 Å². The van der Waals surface area contributed by atoms with Crippen LogP contribution in [0.3, 0.4) is 0 Å². The minimum atomic E-state index is -3.71. The number of amides is 1. The van der Waals surface area contributed by atoms with E-state index in [4.69, 9.17) is 0 Å². The lowest BCUT2D eigenvalue weighted by molar-refractivity contribution is -0.114. The zero-order valence-corrected chi connectivity index (χ0v) is 12.4. The van der Waals surface area contributed by atoms with Crippen LogP contribution in [0.1, 0.15) is 18.3 Å². The van der Waals surface area contributed by atoms with Crippen molar-refractivity contribution >= 4 is 21.6 Å². The number of nitrogens with zero attached hydrogens (tertiary/aromatic N) is 2. The first-order valence-electron chi connectivity index (χ1n) is 6.10. The average Bonchev–Trinajstić information content (AvgIpc) is 2.91. The van der Waals surface area contributed by atoms with E-state index < -0.39 is 10.0 Å². The summed E-state index contributed by atoms with van der Waals surface area (Å²) in [5, 5.41) is 8.76. The topological polar surface area (TPSA) is 117 Å². The molecule has 8 nitrogen and oxygen atoms in total. The van der Waals surface area contributed by atoms with Crippen LogP contribution < -0.4 is 10.0 Å². The predicted molar refractivity (Wildman–Crippen MR) is 75.9 cm³/mol. The van der Waals surface area contributed by atoms with E-state index in [-0.39, 0.29) is 17.3 Å². The van der Waals surface area contributed by atoms with Crippen molar-refractivity contribution < 1.29 is 13.2 Å². The molecule has 0 spiro atoms. The third-order valence-electron chi connectivity index (χ3n) is 2.69. The van der Waals surface area contributed by atoms with E-state index in [1.165, 1.54) is 19.3 Å². The van der Waals surface area contributed by atoms with Crippen molar-refractivity contribution in [2.45, 2.75) is 25.3 Å². The summed E-state index contributed by atoms with van der Waals surface area (Å²) in [5.41, 5.74) is 1.00. The third-order valence-corrected chi connectivity index (χ3v) is 4.24. The van der Waals surface area contributed by atoms with Crippen LogP contribution in [0.15, 0.2) is 29.4 Å². The fourth-order valence-corrected chi connectivity index (χ4v) is 2.98. The molecule has 0 radical (unpaired) electrons. The Morgan fingerprint density at radius 2 is 2.14 bits per heavy atom. The van der Waals surface area contributed by atoms with Gasteiger partial charge in [0.25, 0.3) is 0 Å². The summed E-state index contributed by atoms with van der Waals surface area (Å²) in [4.78, 5) is 15.0. The van der Waals surface area contributed by atoms with Gasteiger partial charge in [0.15, 0.2) is 0 Å². The molecular weight excluding hydrogens is 294 g/mol. The van der Waals surface area contributed by atoms with Gasteiger partial charge < -0.3 is 5.32 Å². The monoisotopic (exact) mass is 309 g/mol. The minimum absolute atomic E-state index is 0.00609. The summed E-state index contributed by atoms with van der Waals surface area (Å²) in [6.07, 6.45) is 1.30. The molecule has 1 aromatic heterocycles. The number of sulfonamides is 1. The van der Waals surface area contributed by atoms with E-state index in [1.807, 2.05) is 0 Å². The van der Waals surface area contributed by atoms with Crippen LogP contribution in [-0.4, -0.2) is 29.5 Å². The van der Waals surface area contributed by atoms with Crippen molar-refractivity contribution in [3.63, 3.8) is 0 Å². The number of carbonyl (C=O) groups is 1. The predicted octanol–water partition coefficient (Wildman–Crippen LogP) is 0.550. The lowest BCUT2D eigenvalue weighted by Gasteiger charge is -2.10. The average molecular weight is 309 g/mol. The number of nitrogens with one attached hydrogen (secondary N) is 3. The fraction of sp³-hybridized carbons (Fsp3) is 0.250. The second kappa shape index (κ2) is 6.02. The lowest BCUT2D eigenvalue weighted by atomic mass is 10.2. The summed E-state index contributed by atoms with van der Waals surface area (Å²) in [6.45, 7) is 3.04. The van der Waals surface area contributed by atoms with Crippen LogP contribution >= 0.6 is 0 Å². The van der Waals surface area contributed by atoms with E-state index in [0.717, 1.165) is 0 Å². The summed E-state index contributed by atoms with van der Waals surface area (Å²) in [6, 6.07) is 4.69. The summed E-state index contributed by atoms with van der Waals surface area (Å²) >= 11 is 0. The molecule has 1 aromatic carbocycles. The lowest BCUT2D eigenvalue weighted by Crippen LogP contribution is -2.24. The van der Waals surface area contributed by atoms with Crippen molar-refractivity contribution in [1.29, 1.82) is 0 Å². The Hall–Kier alpha value is -2.26. The van der Waals surface area contributed by atoms with Gasteiger partial charge in [0.2, 0.25) is 15.9 Å². The van der Waals surface area contributed by atoms with E-state index in [0.29, 0.717) is 17.1 Å². The number of aromatic amines is 1. The number of anilines is 1. The molecule has 0 bridgehead atoms. The van der Waals surface area contributed by atoms with E-state index >= 15 is 0 Å². The van der Waals surface area contributed by atoms with Gasteiger partial charge in [0.1, 0.15) is 12.2 Å². The Bertz CT molecular complexity index is 740. The number of aryl methyl sites for hydroxylation is 1. The van der Waals surface area contributed by atoms with E-state index in [2.05, 4.69) is 25.2 Å². The molecule has 0 aliphatic heterocycles. The number of benzene rings is 1. The Balaban J connectivity index is 2.23. The van der Waals surface area contributed by atoms with Crippen molar-refractivity contribution in [3.8, 4) is 0 Å². The maximum Gasteiger partial charge on any atom is 0.241 e. The molecule has 112 valence electrons. The maximum atomic E-state index is 12.3. The molecule has 0 aliphatic carbocycles. The number of aromatic nitrogens is 3. The van der Waals surface area contributed by atoms with Crippen molar-refractivity contribution in [2.75, 3.05) is 5.32 Å².